The quantitative estimate of drug-likeness (QED) is 0.769. The molecule has 0 aliphatic rings. The predicted molar refractivity (Wildman–Crippen MR) is 58.1 cm³/mol. The molecule has 5 heteroatoms. The Morgan fingerprint density at radius 2 is 1.71 bits per heavy atom. The summed E-state index contributed by atoms with van der Waals surface area (Å²) in [6, 6.07) is 7.32. The molecule has 2 nitrogen and oxygen atoms in total. The van der Waals surface area contributed by atoms with Crippen LogP contribution in [-0.4, -0.2) is 11.1 Å². The first kappa shape index (κ1) is 11.9. The van der Waals surface area contributed by atoms with Crippen molar-refractivity contribution in [2.24, 2.45) is 0 Å². The summed E-state index contributed by atoms with van der Waals surface area (Å²) in [4.78, 5) is 0. The van der Waals surface area contributed by atoms with Gasteiger partial charge in [-0.1, -0.05) is 46.9 Å². The van der Waals surface area contributed by atoms with Gasteiger partial charge in [0.1, 0.15) is 5.75 Å². The molecule has 0 saturated carbocycles. The van der Waals surface area contributed by atoms with Crippen LogP contribution in [0, 0.1) is 0 Å². The molecular formula is C9H9Cl3O2. The topological polar surface area (TPSA) is 18.5 Å². The van der Waals surface area contributed by atoms with E-state index in [0.717, 1.165) is 11.3 Å². The lowest BCUT2D eigenvalue weighted by atomic mass is 10.2. The number of hydrogen-bond acceptors (Lipinski definition) is 2. The van der Waals surface area contributed by atoms with Gasteiger partial charge in [0.25, 0.3) is 3.98 Å². The van der Waals surface area contributed by atoms with Crippen molar-refractivity contribution in [2.45, 2.75) is 10.6 Å². The first-order valence-corrected chi connectivity index (χ1v) is 4.98. The van der Waals surface area contributed by atoms with Crippen molar-refractivity contribution >= 4 is 34.8 Å². The summed E-state index contributed by atoms with van der Waals surface area (Å²) in [5, 5.41) is 0. The van der Waals surface area contributed by atoms with E-state index in [0.29, 0.717) is 0 Å². The fourth-order valence-electron chi connectivity index (χ4n) is 0.887. The molecule has 1 aromatic carbocycles. The molecule has 0 unspecified atom stereocenters. The normalized spacial score (nSPS) is 11.4. The second-order valence-corrected chi connectivity index (χ2v) is 4.76. The van der Waals surface area contributed by atoms with Crippen molar-refractivity contribution in [3.63, 3.8) is 0 Å². The highest BCUT2D eigenvalue weighted by molar-refractivity contribution is 6.66. The number of ether oxygens (including phenoxy) is 2. The van der Waals surface area contributed by atoms with Crippen molar-refractivity contribution in [2.75, 3.05) is 7.11 Å². The second-order valence-electron chi connectivity index (χ2n) is 2.58. The van der Waals surface area contributed by atoms with Crippen molar-refractivity contribution in [1.29, 1.82) is 0 Å². The lowest BCUT2D eigenvalue weighted by Gasteiger charge is -2.11. The largest absolute Gasteiger partial charge is 0.497 e. The van der Waals surface area contributed by atoms with Gasteiger partial charge in [0.2, 0.25) is 0 Å². The lowest BCUT2D eigenvalue weighted by Crippen LogP contribution is -2.08. The zero-order valence-corrected chi connectivity index (χ0v) is 9.73. The van der Waals surface area contributed by atoms with Crippen LogP contribution >= 0.6 is 34.8 Å². The van der Waals surface area contributed by atoms with Gasteiger partial charge in [-0.05, 0) is 17.7 Å². The SMILES string of the molecule is COc1ccc(COC(Cl)(Cl)Cl)cc1. The number of alkyl halides is 3. The summed E-state index contributed by atoms with van der Waals surface area (Å²) < 4.78 is 8.27. The van der Waals surface area contributed by atoms with E-state index in [1.807, 2.05) is 24.3 Å². The van der Waals surface area contributed by atoms with Crippen molar-refractivity contribution < 1.29 is 9.47 Å². The van der Waals surface area contributed by atoms with Gasteiger partial charge in [-0.25, -0.2) is 0 Å². The molecule has 78 valence electrons. The Kier molecular flexibility index (Phi) is 4.32. The Balaban J connectivity index is 2.52. The van der Waals surface area contributed by atoms with Crippen LogP contribution in [0.4, 0.5) is 0 Å². The van der Waals surface area contributed by atoms with Gasteiger partial charge in [-0.3, -0.25) is 0 Å². The Bertz CT molecular complexity index is 279. The molecule has 0 atom stereocenters. The third kappa shape index (κ3) is 4.38. The monoisotopic (exact) mass is 254 g/mol. The van der Waals surface area contributed by atoms with Crippen LogP contribution in [-0.2, 0) is 11.3 Å². The minimum atomic E-state index is -1.67. The maximum Gasteiger partial charge on any atom is 0.297 e. The Morgan fingerprint density at radius 1 is 1.14 bits per heavy atom. The molecule has 0 aromatic heterocycles. The van der Waals surface area contributed by atoms with Crippen molar-refractivity contribution in [3.8, 4) is 5.75 Å². The van der Waals surface area contributed by atoms with Crippen molar-refractivity contribution in [3.05, 3.63) is 29.8 Å². The third-order valence-electron chi connectivity index (χ3n) is 1.56. The average molecular weight is 256 g/mol. The summed E-state index contributed by atoms with van der Waals surface area (Å²) in [6.07, 6.45) is 0. The first-order chi connectivity index (χ1) is 6.51. The highest BCUT2D eigenvalue weighted by atomic mass is 35.6. The predicted octanol–water partition coefficient (Wildman–Crippen LogP) is 3.54. The van der Waals surface area contributed by atoms with E-state index in [1.165, 1.54) is 0 Å². The third-order valence-corrected chi connectivity index (χ3v) is 1.89. The molecule has 1 rings (SSSR count). The number of halogens is 3. The van der Waals surface area contributed by atoms with Gasteiger partial charge in [-0.15, -0.1) is 0 Å². The maximum atomic E-state index is 5.43. The zero-order chi connectivity index (χ0) is 10.6. The summed E-state index contributed by atoms with van der Waals surface area (Å²) in [7, 11) is 1.60. The summed E-state index contributed by atoms with van der Waals surface area (Å²) in [6.45, 7) is 0.250. The lowest BCUT2D eigenvalue weighted by molar-refractivity contribution is 0.116. The molecule has 0 aliphatic heterocycles. The molecule has 1 aromatic rings. The summed E-state index contributed by atoms with van der Waals surface area (Å²) in [5.74, 6) is 0.780. The summed E-state index contributed by atoms with van der Waals surface area (Å²) >= 11 is 16.3. The van der Waals surface area contributed by atoms with Gasteiger partial charge >= 0.3 is 0 Å². The maximum absolute atomic E-state index is 5.43. The minimum absolute atomic E-state index is 0.250. The molecular weight excluding hydrogens is 246 g/mol. The molecule has 0 N–H and O–H groups in total. The van der Waals surface area contributed by atoms with Crippen LogP contribution < -0.4 is 4.74 Å². The molecule has 0 heterocycles. The molecule has 0 fully saturated rings. The van der Waals surface area contributed by atoms with E-state index >= 15 is 0 Å². The molecule has 0 amide bonds. The molecule has 14 heavy (non-hydrogen) atoms. The second kappa shape index (κ2) is 5.08. The van der Waals surface area contributed by atoms with E-state index < -0.39 is 3.98 Å². The number of benzene rings is 1. The van der Waals surface area contributed by atoms with Crippen LogP contribution in [0.3, 0.4) is 0 Å². The smallest absolute Gasteiger partial charge is 0.297 e. The van der Waals surface area contributed by atoms with Crippen LogP contribution in [0.2, 0.25) is 0 Å². The first-order valence-electron chi connectivity index (χ1n) is 3.85. The van der Waals surface area contributed by atoms with E-state index in [-0.39, 0.29) is 6.61 Å². The Morgan fingerprint density at radius 3 is 2.14 bits per heavy atom. The highest BCUT2D eigenvalue weighted by Gasteiger charge is 2.19. The van der Waals surface area contributed by atoms with Crippen LogP contribution in [0.25, 0.3) is 0 Å². The van der Waals surface area contributed by atoms with Crippen molar-refractivity contribution in [1.82, 2.24) is 0 Å². The Hall–Kier alpha value is -0.150. The molecule has 0 bridgehead atoms. The minimum Gasteiger partial charge on any atom is -0.497 e. The van der Waals surface area contributed by atoms with Gasteiger partial charge in [0.05, 0.1) is 13.7 Å². The van der Waals surface area contributed by atoms with E-state index in [4.69, 9.17) is 44.3 Å². The fraction of sp³-hybridized carbons (Fsp3) is 0.333. The van der Waals surface area contributed by atoms with Gasteiger partial charge in [-0.2, -0.15) is 0 Å². The van der Waals surface area contributed by atoms with E-state index in [2.05, 4.69) is 0 Å². The number of methoxy groups -OCH3 is 1. The Labute approximate surface area is 97.7 Å². The fourth-order valence-corrected chi connectivity index (χ4v) is 1.05. The van der Waals surface area contributed by atoms with Crippen LogP contribution in [0.1, 0.15) is 5.56 Å². The van der Waals surface area contributed by atoms with Crippen LogP contribution in [0.15, 0.2) is 24.3 Å². The van der Waals surface area contributed by atoms with Gasteiger partial charge < -0.3 is 9.47 Å². The molecule has 0 radical (unpaired) electrons. The molecule has 0 spiro atoms. The van der Waals surface area contributed by atoms with E-state index in [1.54, 1.807) is 7.11 Å². The summed E-state index contributed by atoms with van der Waals surface area (Å²) in [5.41, 5.74) is 0.914. The number of hydrogen-bond donors (Lipinski definition) is 0. The standard InChI is InChI=1S/C9H9Cl3O2/c1-13-8-4-2-7(3-5-8)6-14-9(10,11)12/h2-5H,6H2,1H3. The van der Waals surface area contributed by atoms with Gasteiger partial charge in [0.15, 0.2) is 0 Å². The van der Waals surface area contributed by atoms with Crippen LogP contribution in [0.5, 0.6) is 5.75 Å². The number of rotatable bonds is 3. The van der Waals surface area contributed by atoms with Gasteiger partial charge in [0, 0.05) is 0 Å². The molecule has 0 saturated heterocycles. The average Bonchev–Trinajstić information content (AvgIpc) is 2.14. The zero-order valence-electron chi connectivity index (χ0n) is 7.47. The molecule has 0 aliphatic carbocycles. The van der Waals surface area contributed by atoms with E-state index in [9.17, 15) is 0 Å². The highest BCUT2D eigenvalue weighted by Crippen LogP contribution is 2.28.